The van der Waals surface area contributed by atoms with Crippen LogP contribution in [-0.4, -0.2) is 10.2 Å². The Labute approximate surface area is 68.8 Å². The first-order valence-corrected chi connectivity index (χ1v) is 5.48. The molecule has 0 radical (unpaired) electrons. The Kier molecular flexibility index (Phi) is 4.26. The van der Waals surface area contributed by atoms with E-state index in [9.17, 15) is 0 Å². The summed E-state index contributed by atoms with van der Waals surface area (Å²) in [6.45, 7) is 9.44. The highest BCUT2D eigenvalue weighted by atomic mass is 28.1. The first kappa shape index (κ1) is 10.2. The van der Waals surface area contributed by atoms with E-state index in [4.69, 9.17) is 0 Å². The molecule has 0 bridgehead atoms. The van der Waals surface area contributed by atoms with Crippen molar-refractivity contribution in [2.24, 2.45) is 5.92 Å². The lowest BCUT2D eigenvalue weighted by atomic mass is 9.91. The van der Waals surface area contributed by atoms with Gasteiger partial charge in [0.1, 0.15) is 0 Å². The summed E-state index contributed by atoms with van der Waals surface area (Å²) in [5.41, 5.74) is 0. The van der Waals surface area contributed by atoms with Gasteiger partial charge in [-0.05, 0) is 11.0 Å². The van der Waals surface area contributed by atoms with Crippen LogP contribution in [0.2, 0.25) is 5.04 Å². The minimum Gasteiger partial charge on any atom is -0.0654 e. The molecule has 0 aliphatic rings. The van der Waals surface area contributed by atoms with Crippen LogP contribution >= 0.6 is 0 Å². The zero-order valence-corrected chi connectivity index (χ0v) is 10.2. The van der Waals surface area contributed by atoms with E-state index >= 15 is 0 Å². The largest absolute Gasteiger partial charge is 0.0654 e. The molecular formula is C9H22Si. The molecule has 0 fully saturated rings. The fourth-order valence-corrected chi connectivity index (χ4v) is 1.23. The predicted molar refractivity (Wildman–Crippen MR) is 52.7 cm³/mol. The molecular weight excluding hydrogens is 136 g/mol. The summed E-state index contributed by atoms with van der Waals surface area (Å²) in [4.78, 5) is 0. The molecule has 0 saturated heterocycles. The van der Waals surface area contributed by atoms with Gasteiger partial charge in [0.05, 0.1) is 0 Å². The molecule has 0 aliphatic heterocycles. The minimum absolute atomic E-state index is 0.648. The molecule has 62 valence electrons. The molecule has 0 spiro atoms. The molecule has 10 heavy (non-hydrogen) atoms. The second-order valence-electron chi connectivity index (χ2n) is 4.41. The Morgan fingerprint density at radius 3 is 2.20 bits per heavy atom. The first-order chi connectivity index (χ1) is 4.48. The van der Waals surface area contributed by atoms with E-state index in [0.29, 0.717) is 5.04 Å². The van der Waals surface area contributed by atoms with Gasteiger partial charge >= 0.3 is 0 Å². The van der Waals surface area contributed by atoms with Crippen molar-refractivity contribution >= 4 is 10.2 Å². The van der Waals surface area contributed by atoms with Crippen molar-refractivity contribution in [3.05, 3.63) is 0 Å². The zero-order valence-electron chi connectivity index (χ0n) is 8.20. The standard InChI is InChI=1S/C9H22Si/c1-5-6-7-8(2)9(3,4)10/h8H,5-7H2,1-4,10H3. The summed E-state index contributed by atoms with van der Waals surface area (Å²) in [6.07, 6.45) is 4.18. The molecule has 0 heterocycles. The minimum atomic E-state index is 0.648. The van der Waals surface area contributed by atoms with E-state index in [-0.39, 0.29) is 0 Å². The zero-order chi connectivity index (χ0) is 8.20. The van der Waals surface area contributed by atoms with Crippen molar-refractivity contribution in [1.82, 2.24) is 0 Å². The average molecular weight is 158 g/mol. The second-order valence-corrected chi connectivity index (χ2v) is 6.99. The molecule has 0 N–H and O–H groups in total. The van der Waals surface area contributed by atoms with Crippen molar-refractivity contribution < 1.29 is 0 Å². The summed E-state index contributed by atoms with van der Waals surface area (Å²) in [5.74, 6) is 0.930. The summed E-state index contributed by atoms with van der Waals surface area (Å²) < 4.78 is 0. The van der Waals surface area contributed by atoms with Gasteiger partial charge in [0.15, 0.2) is 0 Å². The molecule has 0 aromatic carbocycles. The highest BCUT2D eigenvalue weighted by molar-refractivity contribution is 6.14. The van der Waals surface area contributed by atoms with Crippen LogP contribution < -0.4 is 0 Å². The van der Waals surface area contributed by atoms with Gasteiger partial charge in [-0.15, -0.1) is 0 Å². The summed E-state index contributed by atoms with van der Waals surface area (Å²) >= 11 is 0. The molecule has 1 unspecified atom stereocenters. The summed E-state index contributed by atoms with van der Waals surface area (Å²) in [6, 6.07) is 0. The molecule has 0 saturated carbocycles. The van der Waals surface area contributed by atoms with Crippen molar-refractivity contribution in [2.45, 2.75) is 52.0 Å². The van der Waals surface area contributed by atoms with Crippen molar-refractivity contribution in [1.29, 1.82) is 0 Å². The molecule has 0 nitrogen and oxygen atoms in total. The van der Waals surface area contributed by atoms with Crippen LogP contribution in [-0.2, 0) is 0 Å². The second kappa shape index (κ2) is 4.17. The first-order valence-electron chi connectivity index (χ1n) is 4.48. The monoisotopic (exact) mass is 158 g/mol. The van der Waals surface area contributed by atoms with E-state index in [2.05, 4.69) is 27.7 Å². The van der Waals surface area contributed by atoms with Gasteiger partial charge in [0, 0.05) is 10.2 Å². The van der Waals surface area contributed by atoms with E-state index in [1.807, 2.05) is 0 Å². The van der Waals surface area contributed by atoms with Crippen LogP contribution in [0.5, 0.6) is 0 Å². The highest BCUT2D eigenvalue weighted by Crippen LogP contribution is 2.33. The Morgan fingerprint density at radius 2 is 1.90 bits per heavy atom. The molecule has 0 aliphatic carbocycles. The van der Waals surface area contributed by atoms with Gasteiger partial charge in [0.2, 0.25) is 0 Å². The van der Waals surface area contributed by atoms with Gasteiger partial charge in [-0.2, -0.15) is 0 Å². The van der Waals surface area contributed by atoms with Gasteiger partial charge in [-0.1, -0.05) is 47.0 Å². The van der Waals surface area contributed by atoms with Crippen molar-refractivity contribution in [3.63, 3.8) is 0 Å². The molecule has 0 amide bonds. The average Bonchev–Trinajstić information content (AvgIpc) is 1.80. The maximum absolute atomic E-state index is 2.39. The van der Waals surface area contributed by atoms with Gasteiger partial charge in [-0.3, -0.25) is 0 Å². The van der Waals surface area contributed by atoms with Gasteiger partial charge in [-0.25, -0.2) is 0 Å². The Morgan fingerprint density at radius 1 is 1.40 bits per heavy atom. The molecule has 0 aromatic heterocycles. The third-order valence-electron chi connectivity index (χ3n) is 2.47. The molecule has 0 aromatic rings. The SMILES string of the molecule is CCCCC(C)C(C)(C)[SiH3]. The van der Waals surface area contributed by atoms with E-state index in [0.717, 1.165) is 5.92 Å². The topological polar surface area (TPSA) is 0 Å². The molecule has 1 atom stereocenters. The van der Waals surface area contributed by atoms with Crippen LogP contribution in [0, 0.1) is 5.92 Å². The fraction of sp³-hybridized carbons (Fsp3) is 1.00. The Hall–Kier alpha value is 0.217. The quantitative estimate of drug-likeness (QED) is 0.551. The lowest BCUT2D eigenvalue weighted by molar-refractivity contribution is 0.399. The lowest BCUT2D eigenvalue weighted by Crippen LogP contribution is -2.13. The number of hydrogen-bond acceptors (Lipinski definition) is 0. The van der Waals surface area contributed by atoms with Crippen LogP contribution in [0.15, 0.2) is 0 Å². The smallest absolute Gasteiger partial charge is 0.0103 e. The van der Waals surface area contributed by atoms with Crippen molar-refractivity contribution in [3.8, 4) is 0 Å². The van der Waals surface area contributed by atoms with Crippen LogP contribution in [0.4, 0.5) is 0 Å². The third kappa shape index (κ3) is 4.10. The Bertz CT molecular complexity index is 81.2. The predicted octanol–water partition coefficient (Wildman–Crippen LogP) is 2.38. The number of rotatable bonds is 4. The summed E-state index contributed by atoms with van der Waals surface area (Å²) in [7, 11) is 1.33. The summed E-state index contributed by atoms with van der Waals surface area (Å²) in [5, 5.41) is 0.648. The molecule has 1 heteroatoms. The fourth-order valence-electron chi connectivity index (χ4n) is 0.943. The molecule has 0 rings (SSSR count). The van der Waals surface area contributed by atoms with Gasteiger partial charge < -0.3 is 0 Å². The van der Waals surface area contributed by atoms with Crippen LogP contribution in [0.1, 0.15) is 47.0 Å². The third-order valence-corrected chi connectivity index (χ3v) is 3.45. The van der Waals surface area contributed by atoms with E-state index < -0.39 is 0 Å². The van der Waals surface area contributed by atoms with Crippen LogP contribution in [0.25, 0.3) is 0 Å². The number of unbranched alkanes of at least 4 members (excludes halogenated alkanes) is 1. The Balaban J connectivity index is 3.52. The maximum atomic E-state index is 2.39. The normalized spacial score (nSPS) is 15.6. The highest BCUT2D eigenvalue weighted by Gasteiger charge is 2.18. The lowest BCUT2D eigenvalue weighted by Gasteiger charge is -2.26. The van der Waals surface area contributed by atoms with Gasteiger partial charge in [0.25, 0.3) is 0 Å². The maximum Gasteiger partial charge on any atom is 0.0103 e. The number of hydrogen-bond donors (Lipinski definition) is 0. The van der Waals surface area contributed by atoms with E-state index in [1.54, 1.807) is 0 Å². The van der Waals surface area contributed by atoms with E-state index in [1.165, 1.54) is 29.5 Å². The van der Waals surface area contributed by atoms with Crippen molar-refractivity contribution in [2.75, 3.05) is 0 Å². The van der Waals surface area contributed by atoms with Crippen LogP contribution in [0.3, 0.4) is 0 Å².